The summed E-state index contributed by atoms with van der Waals surface area (Å²) in [5.41, 5.74) is 4.61. The fourth-order valence-electron chi connectivity index (χ4n) is 5.09. The molecule has 0 spiro atoms. The number of aliphatic carboxylic acids is 1. The van der Waals surface area contributed by atoms with E-state index in [1.807, 2.05) is 30.5 Å². The fourth-order valence-corrected chi connectivity index (χ4v) is 5.49. The maximum Gasteiger partial charge on any atom is 0.407 e. The average Bonchev–Trinajstić information content (AvgIpc) is 3.42. The zero-order valence-electron chi connectivity index (χ0n) is 19.2. The van der Waals surface area contributed by atoms with Gasteiger partial charge in [-0.05, 0) is 41.4 Å². The maximum absolute atomic E-state index is 13.1. The lowest BCUT2D eigenvalue weighted by atomic mass is 9.98. The van der Waals surface area contributed by atoms with Crippen LogP contribution in [0.2, 0.25) is 0 Å². The molecule has 4 rings (SSSR count). The molecule has 2 aliphatic carbocycles. The van der Waals surface area contributed by atoms with Gasteiger partial charge in [0.2, 0.25) is 5.91 Å². The third kappa shape index (κ3) is 5.22. The van der Waals surface area contributed by atoms with E-state index in [0.717, 1.165) is 28.7 Å². The predicted octanol–water partition coefficient (Wildman–Crippen LogP) is 3.97. The van der Waals surface area contributed by atoms with Gasteiger partial charge < -0.3 is 20.1 Å². The van der Waals surface area contributed by atoms with Gasteiger partial charge in [-0.25, -0.2) is 4.79 Å². The number of hydrogen-bond acceptors (Lipinski definition) is 5. The molecule has 2 aromatic carbocycles. The van der Waals surface area contributed by atoms with Crippen molar-refractivity contribution in [2.75, 3.05) is 31.7 Å². The second-order valence-electron chi connectivity index (χ2n) is 8.76. The number of hydrogen-bond donors (Lipinski definition) is 2. The molecule has 0 saturated heterocycles. The van der Waals surface area contributed by atoms with Crippen LogP contribution in [-0.4, -0.2) is 65.7 Å². The van der Waals surface area contributed by atoms with E-state index < -0.39 is 18.0 Å². The summed E-state index contributed by atoms with van der Waals surface area (Å²) < 4.78 is 5.65. The van der Waals surface area contributed by atoms with Gasteiger partial charge in [-0.1, -0.05) is 55.0 Å². The molecule has 34 heavy (non-hydrogen) atoms. The minimum Gasteiger partial charge on any atom is -0.480 e. The smallest absolute Gasteiger partial charge is 0.407 e. The molecule has 180 valence electrons. The Balaban J connectivity index is 1.38. The molecule has 1 saturated carbocycles. The molecular formula is C26H30N2O5S. The topological polar surface area (TPSA) is 95.9 Å². The molecule has 1 fully saturated rings. The number of carboxylic acid groups (broad SMARTS) is 1. The second kappa shape index (κ2) is 11.0. The standard InChI is InChI=1S/C26H30N2O5S/c1-34-14-13-28(15-24(29)30)25(31)21-11-6-12-23(21)27-26(32)33-16-22-19-9-4-2-7-17(19)18-8-3-5-10-20(18)22/h2-5,7-10,21-23H,6,11-16H2,1H3,(H,27,32)(H,29,30)/t21-,23+/m1/s1. The number of thioether (sulfide) groups is 1. The summed E-state index contributed by atoms with van der Waals surface area (Å²) in [4.78, 5) is 38.4. The maximum atomic E-state index is 13.1. The van der Waals surface area contributed by atoms with Crippen LogP contribution in [0.4, 0.5) is 4.79 Å². The Morgan fingerprint density at radius 2 is 1.71 bits per heavy atom. The van der Waals surface area contributed by atoms with Crippen LogP contribution in [0.25, 0.3) is 11.1 Å². The van der Waals surface area contributed by atoms with Crippen molar-refractivity contribution in [2.45, 2.75) is 31.2 Å². The highest BCUT2D eigenvalue weighted by Gasteiger charge is 2.37. The van der Waals surface area contributed by atoms with E-state index in [0.29, 0.717) is 25.1 Å². The predicted molar refractivity (Wildman–Crippen MR) is 132 cm³/mol. The van der Waals surface area contributed by atoms with E-state index in [1.54, 1.807) is 11.8 Å². The molecule has 0 aromatic heterocycles. The Morgan fingerprint density at radius 1 is 1.06 bits per heavy atom. The quantitative estimate of drug-likeness (QED) is 0.562. The van der Waals surface area contributed by atoms with Crippen molar-refractivity contribution < 1.29 is 24.2 Å². The van der Waals surface area contributed by atoms with Gasteiger partial charge in [-0.3, -0.25) is 9.59 Å². The first kappa shape index (κ1) is 24.1. The number of fused-ring (bicyclic) bond motifs is 3. The van der Waals surface area contributed by atoms with Crippen molar-refractivity contribution in [1.82, 2.24) is 10.2 Å². The first-order valence-corrected chi connectivity index (χ1v) is 13.0. The number of rotatable bonds is 9. The van der Waals surface area contributed by atoms with Crippen LogP contribution < -0.4 is 5.32 Å². The van der Waals surface area contributed by atoms with E-state index in [2.05, 4.69) is 29.6 Å². The highest BCUT2D eigenvalue weighted by Crippen LogP contribution is 2.44. The first-order valence-electron chi connectivity index (χ1n) is 11.6. The number of ether oxygens (including phenoxy) is 1. The zero-order valence-corrected chi connectivity index (χ0v) is 20.1. The molecule has 2 atom stereocenters. The summed E-state index contributed by atoms with van der Waals surface area (Å²) in [5.74, 6) is -1.04. The van der Waals surface area contributed by atoms with Gasteiger partial charge in [0, 0.05) is 24.3 Å². The lowest BCUT2D eigenvalue weighted by molar-refractivity contribution is -0.146. The van der Waals surface area contributed by atoms with Crippen molar-refractivity contribution in [2.24, 2.45) is 5.92 Å². The average molecular weight is 483 g/mol. The van der Waals surface area contributed by atoms with Crippen molar-refractivity contribution in [3.63, 3.8) is 0 Å². The molecule has 0 bridgehead atoms. The molecule has 2 amide bonds. The number of nitrogens with one attached hydrogen (secondary N) is 1. The van der Waals surface area contributed by atoms with Gasteiger partial charge in [-0.15, -0.1) is 0 Å². The zero-order chi connectivity index (χ0) is 24.1. The molecule has 2 N–H and O–H groups in total. The summed E-state index contributed by atoms with van der Waals surface area (Å²) in [5, 5.41) is 12.1. The van der Waals surface area contributed by atoms with E-state index >= 15 is 0 Å². The number of carboxylic acids is 1. The Bertz CT molecular complexity index is 1010. The first-order chi connectivity index (χ1) is 16.5. The minimum atomic E-state index is -1.03. The van der Waals surface area contributed by atoms with E-state index in [-0.39, 0.29) is 31.0 Å². The Labute approximate surface area is 203 Å². The van der Waals surface area contributed by atoms with Crippen LogP contribution >= 0.6 is 11.8 Å². The van der Waals surface area contributed by atoms with E-state index in [1.165, 1.54) is 4.90 Å². The van der Waals surface area contributed by atoms with Gasteiger partial charge in [0.15, 0.2) is 0 Å². The third-order valence-corrected chi connectivity index (χ3v) is 7.27. The molecule has 0 radical (unpaired) electrons. The minimum absolute atomic E-state index is 0.0308. The van der Waals surface area contributed by atoms with Gasteiger partial charge >= 0.3 is 12.1 Å². The number of carbonyl (C=O) groups is 3. The molecule has 2 aromatic rings. The largest absolute Gasteiger partial charge is 0.480 e. The molecule has 7 nitrogen and oxygen atoms in total. The molecule has 8 heteroatoms. The summed E-state index contributed by atoms with van der Waals surface area (Å²) in [6, 6.07) is 16.0. The summed E-state index contributed by atoms with van der Waals surface area (Å²) >= 11 is 1.56. The Hall–Kier alpha value is -3.00. The lowest BCUT2D eigenvalue weighted by Crippen LogP contribution is -2.47. The SMILES string of the molecule is CSCCN(CC(=O)O)C(=O)[C@@H]1CCC[C@@H]1NC(=O)OCC1c2ccccc2-c2ccccc21. The number of nitrogens with zero attached hydrogens (tertiary/aromatic N) is 1. The Morgan fingerprint density at radius 3 is 2.32 bits per heavy atom. The van der Waals surface area contributed by atoms with Crippen LogP contribution in [0.5, 0.6) is 0 Å². The van der Waals surface area contributed by atoms with Crippen molar-refractivity contribution in [3.05, 3.63) is 59.7 Å². The lowest BCUT2D eigenvalue weighted by Gasteiger charge is -2.27. The molecular weight excluding hydrogens is 452 g/mol. The van der Waals surface area contributed by atoms with Crippen molar-refractivity contribution in [3.8, 4) is 11.1 Å². The molecule has 0 heterocycles. The fraction of sp³-hybridized carbons (Fsp3) is 0.423. The van der Waals surface area contributed by atoms with E-state index in [9.17, 15) is 19.5 Å². The van der Waals surface area contributed by atoms with Crippen LogP contribution in [-0.2, 0) is 14.3 Å². The highest BCUT2D eigenvalue weighted by molar-refractivity contribution is 7.98. The summed E-state index contributed by atoms with van der Waals surface area (Å²) in [6.07, 6.45) is 3.47. The second-order valence-corrected chi connectivity index (χ2v) is 9.75. The summed E-state index contributed by atoms with van der Waals surface area (Å²) in [7, 11) is 0. The monoisotopic (exact) mass is 482 g/mol. The van der Waals surface area contributed by atoms with Crippen molar-refractivity contribution >= 4 is 29.7 Å². The normalized spacial score (nSPS) is 18.7. The van der Waals surface area contributed by atoms with Gasteiger partial charge in [-0.2, -0.15) is 11.8 Å². The summed E-state index contributed by atoms with van der Waals surface area (Å²) in [6.45, 7) is 0.262. The van der Waals surface area contributed by atoms with E-state index in [4.69, 9.17) is 4.74 Å². The van der Waals surface area contributed by atoms with Crippen LogP contribution in [0.15, 0.2) is 48.5 Å². The van der Waals surface area contributed by atoms with Crippen LogP contribution in [0.1, 0.15) is 36.3 Å². The third-order valence-electron chi connectivity index (χ3n) is 6.68. The number of amides is 2. The highest BCUT2D eigenvalue weighted by atomic mass is 32.2. The number of benzene rings is 2. The number of alkyl carbamates (subject to hydrolysis) is 1. The number of carbonyl (C=O) groups excluding carboxylic acids is 2. The van der Waals surface area contributed by atoms with Gasteiger partial charge in [0.05, 0.1) is 5.92 Å². The van der Waals surface area contributed by atoms with Crippen LogP contribution in [0, 0.1) is 5.92 Å². The molecule has 2 aliphatic rings. The van der Waals surface area contributed by atoms with Gasteiger partial charge in [0.1, 0.15) is 13.2 Å². The Kier molecular flexibility index (Phi) is 7.77. The van der Waals surface area contributed by atoms with Crippen LogP contribution in [0.3, 0.4) is 0 Å². The molecule has 0 unspecified atom stereocenters. The van der Waals surface area contributed by atoms with Gasteiger partial charge in [0.25, 0.3) is 0 Å². The molecule has 0 aliphatic heterocycles. The van der Waals surface area contributed by atoms with Crippen molar-refractivity contribution in [1.29, 1.82) is 0 Å².